The predicted molar refractivity (Wildman–Crippen MR) is 40.1 cm³/mol. The summed E-state index contributed by atoms with van der Waals surface area (Å²) in [7, 11) is 1.65. The summed E-state index contributed by atoms with van der Waals surface area (Å²) in [5.74, 6) is 0.313. The van der Waals surface area contributed by atoms with E-state index < -0.39 is 0 Å². The first-order chi connectivity index (χ1) is 5.28. The van der Waals surface area contributed by atoms with Gasteiger partial charge >= 0.3 is 0 Å². The van der Waals surface area contributed by atoms with Crippen molar-refractivity contribution >= 4 is 5.91 Å². The first-order valence-electron chi connectivity index (χ1n) is 4.09. The first kappa shape index (κ1) is 7.10. The fourth-order valence-electron chi connectivity index (χ4n) is 2.03. The number of hydrogen-bond acceptors (Lipinski definition) is 2. The highest BCUT2D eigenvalue weighted by molar-refractivity contribution is 5.88. The Labute approximate surface area is 66.1 Å². The van der Waals surface area contributed by atoms with E-state index in [1.165, 1.54) is 6.42 Å². The van der Waals surface area contributed by atoms with Crippen molar-refractivity contribution in [3.05, 3.63) is 0 Å². The summed E-state index contributed by atoms with van der Waals surface area (Å²) in [6.07, 6.45) is 3.54. The third kappa shape index (κ3) is 0.805. The molecule has 1 unspecified atom stereocenters. The highest BCUT2D eigenvalue weighted by Gasteiger charge is 2.56. The Balaban J connectivity index is 1.98. The van der Waals surface area contributed by atoms with E-state index in [1.807, 2.05) is 0 Å². The minimum absolute atomic E-state index is 0.140. The van der Waals surface area contributed by atoms with Crippen LogP contribution >= 0.6 is 0 Å². The minimum atomic E-state index is 0.140. The summed E-state index contributed by atoms with van der Waals surface area (Å²) in [6.45, 7) is 0.589. The second-order valence-electron chi connectivity index (χ2n) is 3.51. The molecule has 2 rings (SSSR count). The Morgan fingerprint density at radius 1 is 1.73 bits per heavy atom. The Morgan fingerprint density at radius 3 is 2.82 bits per heavy atom. The molecule has 3 heteroatoms. The van der Waals surface area contributed by atoms with Gasteiger partial charge < -0.3 is 10.1 Å². The molecule has 3 nitrogen and oxygen atoms in total. The summed E-state index contributed by atoms with van der Waals surface area (Å²) < 4.78 is 4.99. The number of β-lactam (4-membered cyclic amide) rings is 1. The lowest BCUT2D eigenvalue weighted by Gasteiger charge is -2.55. The Hall–Kier alpha value is -0.570. The molecule has 1 atom stereocenters. The second-order valence-corrected chi connectivity index (χ2v) is 3.51. The number of carbonyl (C=O) groups excluding carboxylic acids is 1. The molecule has 1 N–H and O–H groups in total. The molecule has 1 heterocycles. The second kappa shape index (κ2) is 2.21. The van der Waals surface area contributed by atoms with Crippen molar-refractivity contribution in [2.75, 3.05) is 13.7 Å². The van der Waals surface area contributed by atoms with Gasteiger partial charge in [0.2, 0.25) is 5.91 Å². The molecule has 1 spiro atoms. The van der Waals surface area contributed by atoms with Crippen molar-refractivity contribution < 1.29 is 9.53 Å². The van der Waals surface area contributed by atoms with E-state index in [2.05, 4.69) is 5.32 Å². The van der Waals surface area contributed by atoms with Gasteiger partial charge in [-0.3, -0.25) is 4.79 Å². The van der Waals surface area contributed by atoms with Crippen LogP contribution in [0.25, 0.3) is 0 Å². The first-order valence-corrected chi connectivity index (χ1v) is 4.09. The van der Waals surface area contributed by atoms with E-state index in [9.17, 15) is 4.79 Å². The van der Waals surface area contributed by atoms with Crippen LogP contribution < -0.4 is 5.32 Å². The molecule has 1 aliphatic carbocycles. The highest BCUT2D eigenvalue weighted by atomic mass is 16.5. The zero-order chi connectivity index (χ0) is 7.90. The Bertz CT molecular complexity index is 187. The van der Waals surface area contributed by atoms with Crippen LogP contribution in [-0.4, -0.2) is 25.2 Å². The average molecular weight is 155 g/mol. The molecule has 2 aliphatic rings. The van der Waals surface area contributed by atoms with E-state index >= 15 is 0 Å². The van der Waals surface area contributed by atoms with Gasteiger partial charge in [0.05, 0.1) is 18.1 Å². The lowest BCUT2D eigenvalue weighted by Crippen LogP contribution is -2.73. The van der Waals surface area contributed by atoms with Crippen molar-refractivity contribution in [3.63, 3.8) is 0 Å². The number of nitrogens with one attached hydrogen (secondary N) is 1. The predicted octanol–water partition coefficient (Wildman–Crippen LogP) is 0.301. The van der Waals surface area contributed by atoms with Crippen molar-refractivity contribution in [1.82, 2.24) is 5.32 Å². The molecular formula is C8H13NO2. The third-order valence-electron chi connectivity index (χ3n) is 2.93. The average Bonchev–Trinajstić information content (AvgIpc) is 1.91. The molecule has 1 saturated carbocycles. The number of carbonyl (C=O) groups is 1. The lowest BCUT2D eigenvalue weighted by atomic mass is 9.62. The Kier molecular flexibility index (Phi) is 1.42. The number of methoxy groups -OCH3 is 1. The largest absolute Gasteiger partial charge is 0.384 e. The molecule has 62 valence electrons. The molecule has 1 aliphatic heterocycles. The van der Waals surface area contributed by atoms with Gasteiger partial charge in [0, 0.05) is 7.11 Å². The van der Waals surface area contributed by atoms with Crippen molar-refractivity contribution in [2.45, 2.75) is 24.8 Å². The maximum Gasteiger partial charge on any atom is 0.228 e. The van der Waals surface area contributed by atoms with Crippen LogP contribution in [0, 0.1) is 5.92 Å². The van der Waals surface area contributed by atoms with Gasteiger partial charge in [-0.25, -0.2) is 0 Å². The molecule has 0 aromatic heterocycles. The summed E-state index contributed by atoms with van der Waals surface area (Å²) in [6, 6.07) is 0. The Morgan fingerprint density at radius 2 is 2.45 bits per heavy atom. The normalized spacial score (nSPS) is 32.5. The fraction of sp³-hybridized carbons (Fsp3) is 0.875. The maximum absolute atomic E-state index is 11.0. The summed E-state index contributed by atoms with van der Waals surface area (Å²) >= 11 is 0. The summed E-state index contributed by atoms with van der Waals surface area (Å²) in [5, 5.41) is 2.97. The number of ether oxygens (including phenoxy) is 1. The number of rotatable bonds is 2. The van der Waals surface area contributed by atoms with Gasteiger partial charge in [0.15, 0.2) is 0 Å². The molecule has 1 saturated heterocycles. The molecule has 2 fully saturated rings. The van der Waals surface area contributed by atoms with Crippen LogP contribution in [0.5, 0.6) is 0 Å². The van der Waals surface area contributed by atoms with Gasteiger partial charge in [0.1, 0.15) is 0 Å². The molecular weight excluding hydrogens is 142 g/mol. The van der Waals surface area contributed by atoms with Gasteiger partial charge in [-0.1, -0.05) is 0 Å². The monoisotopic (exact) mass is 155 g/mol. The molecule has 0 radical (unpaired) electrons. The SMILES string of the molecule is COCC1C(=O)NC12CCC2. The van der Waals surface area contributed by atoms with Crippen LogP contribution in [0.4, 0.5) is 0 Å². The minimum Gasteiger partial charge on any atom is -0.384 e. The molecule has 11 heavy (non-hydrogen) atoms. The third-order valence-corrected chi connectivity index (χ3v) is 2.93. The van der Waals surface area contributed by atoms with Crippen LogP contribution in [-0.2, 0) is 9.53 Å². The van der Waals surface area contributed by atoms with Crippen molar-refractivity contribution in [2.24, 2.45) is 5.92 Å². The molecule has 0 bridgehead atoms. The van der Waals surface area contributed by atoms with Crippen LogP contribution in [0.15, 0.2) is 0 Å². The smallest absolute Gasteiger partial charge is 0.228 e. The van der Waals surface area contributed by atoms with Crippen LogP contribution in [0.2, 0.25) is 0 Å². The van der Waals surface area contributed by atoms with Gasteiger partial charge in [-0.05, 0) is 19.3 Å². The maximum atomic E-state index is 11.0. The van der Waals surface area contributed by atoms with Gasteiger partial charge in [-0.15, -0.1) is 0 Å². The van der Waals surface area contributed by atoms with E-state index in [0.29, 0.717) is 6.61 Å². The fourth-order valence-corrected chi connectivity index (χ4v) is 2.03. The van der Waals surface area contributed by atoms with E-state index in [1.54, 1.807) is 7.11 Å². The zero-order valence-corrected chi connectivity index (χ0v) is 6.72. The van der Waals surface area contributed by atoms with E-state index in [0.717, 1.165) is 12.8 Å². The van der Waals surface area contributed by atoms with Crippen LogP contribution in [0.1, 0.15) is 19.3 Å². The van der Waals surface area contributed by atoms with Crippen molar-refractivity contribution in [3.8, 4) is 0 Å². The highest BCUT2D eigenvalue weighted by Crippen LogP contribution is 2.44. The molecule has 0 aromatic carbocycles. The van der Waals surface area contributed by atoms with Gasteiger partial charge in [-0.2, -0.15) is 0 Å². The molecule has 1 amide bonds. The lowest BCUT2D eigenvalue weighted by molar-refractivity contribution is -0.151. The number of hydrogen-bond donors (Lipinski definition) is 1. The number of amides is 1. The summed E-state index contributed by atoms with van der Waals surface area (Å²) in [5.41, 5.74) is 0.160. The topological polar surface area (TPSA) is 38.3 Å². The zero-order valence-electron chi connectivity index (χ0n) is 6.72. The van der Waals surface area contributed by atoms with E-state index in [-0.39, 0.29) is 17.4 Å². The van der Waals surface area contributed by atoms with Crippen LogP contribution in [0.3, 0.4) is 0 Å². The summed E-state index contributed by atoms with van der Waals surface area (Å²) in [4.78, 5) is 11.0. The van der Waals surface area contributed by atoms with Crippen molar-refractivity contribution in [1.29, 1.82) is 0 Å². The standard InChI is InChI=1S/C8H13NO2/c1-11-5-6-7(10)9-8(6)3-2-4-8/h6H,2-5H2,1H3,(H,9,10). The molecule has 0 aromatic rings. The van der Waals surface area contributed by atoms with E-state index in [4.69, 9.17) is 4.74 Å². The van der Waals surface area contributed by atoms with Gasteiger partial charge in [0.25, 0.3) is 0 Å². The quantitative estimate of drug-likeness (QED) is 0.582.